The molecule has 1 aliphatic rings. The zero-order chi connectivity index (χ0) is 20.8. The molecule has 0 saturated heterocycles. The fourth-order valence-electron chi connectivity index (χ4n) is 3.12. The van der Waals surface area contributed by atoms with Gasteiger partial charge in [0.1, 0.15) is 17.0 Å². The van der Waals surface area contributed by atoms with Gasteiger partial charge in [-0.15, -0.1) is 0 Å². The first-order chi connectivity index (χ1) is 14.8. The highest BCUT2D eigenvalue weighted by Crippen LogP contribution is 2.38. The summed E-state index contributed by atoms with van der Waals surface area (Å²) in [5.41, 5.74) is 6.82. The molecule has 3 aromatic rings. The van der Waals surface area contributed by atoms with E-state index in [1.54, 1.807) is 17.8 Å². The second-order valence-electron chi connectivity index (χ2n) is 6.61. The van der Waals surface area contributed by atoms with Crippen molar-refractivity contribution < 1.29 is 9.47 Å². The number of hydrazone groups is 1. The van der Waals surface area contributed by atoms with Crippen LogP contribution in [0.25, 0.3) is 0 Å². The van der Waals surface area contributed by atoms with Crippen LogP contribution in [0.4, 0.5) is 0 Å². The van der Waals surface area contributed by atoms with Crippen LogP contribution in [0, 0.1) is 11.3 Å². The zero-order valence-corrected chi connectivity index (χ0v) is 17.4. The highest BCUT2D eigenvalue weighted by Gasteiger charge is 2.23. The number of nitriles is 1. The van der Waals surface area contributed by atoms with Crippen LogP contribution in [0.3, 0.4) is 0 Å². The lowest BCUT2D eigenvalue weighted by molar-refractivity contribution is 0.269. The third-order valence-electron chi connectivity index (χ3n) is 4.62. The molecule has 5 nitrogen and oxygen atoms in total. The van der Waals surface area contributed by atoms with Gasteiger partial charge in [0.2, 0.25) is 0 Å². The van der Waals surface area contributed by atoms with Gasteiger partial charge in [-0.25, -0.2) is 0 Å². The van der Waals surface area contributed by atoms with Crippen LogP contribution in [0.15, 0.2) is 77.9 Å². The molecule has 0 saturated carbocycles. The van der Waals surface area contributed by atoms with E-state index in [0.29, 0.717) is 30.3 Å². The van der Waals surface area contributed by atoms with Gasteiger partial charge in [-0.1, -0.05) is 66.4 Å². The van der Waals surface area contributed by atoms with Gasteiger partial charge < -0.3 is 9.47 Å². The van der Waals surface area contributed by atoms with Crippen LogP contribution in [0.1, 0.15) is 34.6 Å². The smallest absolute Gasteiger partial charge is 0.161 e. The number of ether oxygens (including phenoxy) is 2. The van der Waals surface area contributed by atoms with Gasteiger partial charge in [0, 0.05) is 11.1 Å². The molecule has 1 aliphatic heterocycles. The zero-order valence-electron chi connectivity index (χ0n) is 16.5. The van der Waals surface area contributed by atoms with E-state index in [1.165, 1.54) is 0 Å². The van der Waals surface area contributed by atoms with Gasteiger partial charge in [-0.3, -0.25) is 5.43 Å². The average Bonchev–Trinajstić information content (AvgIpc) is 3.29. The van der Waals surface area contributed by atoms with Crippen LogP contribution in [0.5, 0.6) is 11.5 Å². The molecule has 3 aromatic carbocycles. The predicted octanol–water partition coefficient (Wildman–Crippen LogP) is 5.23. The van der Waals surface area contributed by atoms with Crippen LogP contribution in [-0.2, 0) is 6.61 Å². The molecule has 6 heteroatoms. The summed E-state index contributed by atoms with van der Waals surface area (Å²) < 4.78 is 11.8. The standard InChI is InChI=1S/C24H21N3O2S/c1-2-28-22-14-18(24-27-26-23(30-24)17-8-4-3-5-9-17)12-13-21(22)29-16-20-11-7-6-10-19(20)15-25/h3-14,24,27H,2,16H2,1H3. The minimum atomic E-state index is 0.00720. The van der Waals surface area contributed by atoms with Gasteiger partial charge in [0.15, 0.2) is 11.5 Å². The van der Waals surface area contributed by atoms with Crippen molar-refractivity contribution >= 4 is 16.8 Å². The monoisotopic (exact) mass is 415 g/mol. The van der Waals surface area contributed by atoms with Gasteiger partial charge in [0.25, 0.3) is 0 Å². The van der Waals surface area contributed by atoms with Gasteiger partial charge in [-0.05, 0) is 30.7 Å². The molecule has 1 N–H and O–H groups in total. The van der Waals surface area contributed by atoms with Crippen molar-refractivity contribution in [1.29, 1.82) is 5.26 Å². The predicted molar refractivity (Wildman–Crippen MR) is 120 cm³/mol. The number of hydrogen-bond donors (Lipinski definition) is 1. The molecule has 1 unspecified atom stereocenters. The first-order valence-corrected chi connectivity index (χ1v) is 10.6. The molecule has 0 spiro atoms. The van der Waals surface area contributed by atoms with Crippen molar-refractivity contribution in [3.8, 4) is 17.6 Å². The summed E-state index contributed by atoms with van der Waals surface area (Å²) in [6.07, 6.45) is 0. The largest absolute Gasteiger partial charge is 0.490 e. The Hall–Kier alpha value is -3.43. The maximum Gasteiger partial charge on any atom is 0.161 e. The van der Waals surface area contributed by atoms with E-state index in [2.05, 4.69) is 28.7 Å². The van der Waals surface area contributed by atoms with Crippen molar-refractivity contribution in [2.24, 2.45) is 5.10 Å². The maximum atomic E-state index is 9.27. The van der Waals surface area contributed by atoms with E-state index in [4.69, 9.17) is 9.47 Å². The second kappa shape index (κ2) is 9.38. The summed E-state index contributed by atoms with van der Waals surface area (Å²) in [6.45, 7) is 2.78. The van der Waals surface area contributed by atoms with Crippen molar-refractivity contribution in [1.82, 2.24) is 5.43 Å². The molecule has 30 heavy (non-hydrogen) atoms. The Balaban J connectivity index is 1.49. The molecule has 0 bridgehead atoms. The van der Waals surface area contributed by atoms with E-state index < -0.39 is 0 Å². The summed E-state index contributed by atoms with van der Waals surface area (Å²) in [5.74, 6) is 1.33. The highest BCUT2D eigenvalue weighted by molar-refractivity contribution is 8.14. The molecule has 0 aliphatic carbocycles. The lowest BCUT2D eigenvalue weighted by Crippen LogP contribution is -2.08. The summed E-state index contributed by atoms with van der Waals surface area (Å²) in [7, 11) is 0. The molecule has 0 aromatic heterocycles. The van der Waals surface area contributed by atoms with E-state index in [0.717, 1.165) is 21.7 Å². The number of rotatable bonds is 7. The van der Waals surface area contributed by atoms with Crippen LogP contribution in [-0.4, -0.2) is 11.7 Å². The molecule has 150 valence electrons. The summed E-state index contributed by atoms with van der Waals surface area (Å²) in [6, 6.07) is 25.7. The minimum absolute atomic E-state index is 0.00720. The van der Waals surface area contributed by atoms with E-state index in [1.807, 2.05) is 61.5 Å². The quantitative estimate of drug-likeness (QED) is 0.572. The van der Waals surface area contributed by atoms with Gasteiger partial charge >= 0.3 is 0 Å². The third kappa shape index (κ3) is 4.42. The van der Waals surface area contributed by atoms with Crippen molar-refractivity contribution in [3.05, 3.63) is 95.1 Å². The summed E-state index contributed by atoms with van der Waals surface area (Å²) in [5, 5.41) is 14.7. The lowest BCUT2D eigenvalue weighted by atomic mass is 10.1. The summed E-state index contributed by atoms with van der Waals surface area (Å²) in [4.78, 5) is 0. The Bertz CT molecular complexity index is 1090. The normalized spacial score (nSPS) is 15.1. The molecule has 0 fully saturated rings. The SMILES string of the molecule is CCOc1cc(C2NN=C(c3ccccc3)S2)ccc1OCc1ccccc1C#N. The van der Waals surface area contributed by atoms with Crippen molar-refractivity contribution in [2.75, 3.05) is 6.61 Å². The maximum absolute atomic E-state index is 9.27. The Kier molecular flexibility index (Phi) is 6.21. The lowest BCUT2D eigenvalue weighted by Gasteiger charge is -2.16. The Morgan fingerprint density at radius 2 is 1.80 bits per heavy atom. The Morgan fingerprint density at radius 3 is 2.60 bits per heavy atom. The molecular weight excluding hydrogens is 394 g/mol. The first kappa shape index (κ1) is 19.9. The summed E-state index contributed by atoms with van der Waals surface area (Å²) >= 11 is 1.67. The van der Waals surface area contributed by atoms with Crippen LogP contribution >= 0.6 is 11.8 Å². The number of nitrogens with zero attached hydrogens (tertiary/aromatic N) is 2. The van der Waals surface area contributed by atoms with E-state index in [9.17, 15) is 5.26 Å². The number of nitrogens with one attached hydrogen (secondary N) is 1. The Morgan fingerprint density at radius 1 is 1.00 bits per heavy atom. The highest BCUT2D eigenvalue weighted by atomic mass is 32.2. The number of benzene rings is 3. The third-order valence-corrected chi connectivity index (χ3v) is 5.79. The Labute approximate surface area is 180 Å². The van der Waals surface area contributed by atoms with Crippen LogP contribution in [0.2, 0.25) is 0 Å². The molecular formula is C24H21N3O2S. The van der Waals surface area contributed by atoms with Crippen molar-refractivity contribution in [3.63, 3.8) is 0 Å². The fraction of sp³-hybridized carbons (Fsp3) is 0.167. The fourth-order valence-corrected chi connectivity index (χ4v) is 4.11. The second-order valence-corrected chi connectivity index (χ2v) is 7.70. The van der Waals surface area contributed by atoms with E-state index >= 15 is 0 Å². The average molecular weight is 416 g/mol. The minimum Gasteiger partial charge on any atom is -0.490 e. The van der Waals surface area contributed by atoms with Crippen molar-refractivity contribution in [2.45, 2.75) is 18.9 Å². The van der Waals surface area contributed by atoms with Crippen LogP contribution < -0.4 is 14.9 Å². The molecule has 1 heterocycles. The number of thioether (sulfide) groups is 1. The number of hydrogen-bond acceptors (Lipinski definition) is 6. The molecule has 1 atom stereocenters. The van der Waals surface area contributed by atoms with E-state index in [-0.39, 0.29) is 5.37 Å². The molecule has 0 amide bonds. The van der Waals surface area contributed by atoms with Gasteiger partial charge in [-0.2, -0.15) is 10.4 Å². The topological polar surface area (TPSA) is 66.6 Å². The first-order valence-electron chi connectivity index (χ1n) is 9.71. The molecule has 4 rings (SSSR count). The molecule has 0 radical (unpaired) electrons. The van der Waals surface area contributed by atoms with Gasteiger partial charge in [0.05, 0.1) is 18.2 Å².